The van der Waals surface area contributed by atoms with Crippen LogP contribution in [-0.4, -0.2) is 16.2 Å². The summed E-state index contributed by atoms with van der Waals surface area (Å²) in [5.74, 6) is 2.19. The molecule has 2 aromatic carbocycles. The highest BCUT2D eigenvalue weighted by molar-refractivity contribution is 5.99. The molecule has 4 rings (SSSR count). The van der Waals surface area contributed by atoms with E-state index in [0.29, 0.717) is 23.3 Å². The van der Waals surface area contributed by atoms with Crippen molar-refractivity contribution in [3.8, 4) is 11.4 Å². The van der Waals surface area contributed by atoms with Gasteiger partial charge in [-0.15, -0.1) is 0 Å². The van der Waals surface area contributed by atoms with Crippen LogP contribution in [0.2, 0.25) is 0 Å². The summed E-state index contributed by atoms with van der Waals surface area (Å²) in [6, 6.07) is 15.0. The summed E-state index contributed by atoms with van der Waals surface area (Å²) in [5, 5.41) is 9.74. The highest BCUT2D eigenvalue weighted by atomic mass is 16.5. The number of nitrogens with zero attached hydrogens (tertiary/aromatic N) is 2. The molecule has 1 heterocycles. The van der Waals surface area contributed by atoms with Crippen LogP contribution in [0.25, 0.3) is 11.4 Å². The number of hydrogen-bond donors (Lipinski definition) is 2. The number of carbonyl (C=O) groups excluding carboxylic acids is 1. The summed E-state index contributed by atoms with van der Waals surface area (Å²) < 4.78 is 5.37. The monoisotopic (exact) mass is 376 g/mol. The predicted octanol–water partition coefficient (Wildman–Crippen LogP) is 5.77. The number of carbonyl (C=O) groups is 1. The third-order valence-electron chi connectivity index (χ3n) is 5.13. The van der Waals surface area contributed by atoms with Crippen LogP contribution in [0, 0.1) is 0 Å². The highest BCUT2D eigenvalue weighted by Gasteiger charge is 2.25. The molecule has 0 spiro atoms. The molecule has 0 unspecified atom stereocenters. The van der Waals surface area contributed by atoms with Crippen LogP contribution in [0.5, 0.6) is 0 Å². The van der Waals surface area contributed by atoms with E-state index in [1.165, 1.54) is 12.0 Å². The minimum atomic E-state index is -0.281. The minimum absolute atomic E-state index is 0.281. The maximum Gasteiger partial charge on any atom is 0.323 e. The van der Waals surface area contributed by atoms with E-state index in [4.69, 9.17) is 4.52 Å². The molecule has 6 heteroatoms. The first kappa shape index (κ1) is 18.2. The lowest BCUT2D eigenvalue weighted by Crippen LogP contribution is -2.19. The molecule has 1 aliphatic carbocycles. The van der Waals surface area contributed by atoms with Crippen LogP contribution in [0.1, 0.15) is 56.4 Å². The zero-order valence-corrected chi connectivity index (χ0v) is 16.1. The minimum Gasteiger partial charge on any atom is -0.339 e. The Morgan fingerprint density at radius 2 is 1.61 bits per heavy atom. The van der Waals surface area contributed by atoms with Crippen molar-refractivity contribution >= 4 is 17.4 Å². The molecule has 2 N–H and O–H groups in total. The smallest absolute Gasteiger partial charge is 0.323 e. The van der Waals surface area contributed by atoms with E-state index in [9.17, 15) is 4.79 Å². The molecule has 0 saturated heterocycles. The van der Waals surface area contributed by atoms with Gasteiger partial charge in [-0.05, 0) is 60.7 Å². The fourth-order valence-corrected chi connectivity index (χ4v) is 3.12. The normalized spacial score (nSPS) is 14.0. The summed E-state index contributed by atoms with van der Waals surface area (Å²) in [6.07, 6.45) is 3.48. The maximum atomic E-state index is 12.2. The van der Waals surface area contributed by atoms with Gasteiger partial charge in [-0.3, -0.25) is 0 Å². The Morgan fingerprint density at radius 1 is 1.00 bits per heavy atom. The van der Waals surface area contributed by atoms with Crippen molar-refractivity contribution in [3.05, 3.63) is 60.0 Å². The number of rotatable bonds is 5. The Labute approximate surface area is 164 Å². The van der Waals surface area contributed by atoms with Gasteiger partial charge >= 0.3 is 6.03 Å². The largest absolute Gasteiger partial charge is 0.339 e. The quantitative estimate of drug-likeness (QED) is 0.592. The fraction of sp³-hybridized carbons (Fsp3) is 0.318. The average molecular weight is 376 g/mol. The van der Waals surface area contributed by atoms with E-state index >= 15 is 0 Å². The molecule has 1 aliphatic rings. The fourth-order valence-electron chi connectivity index (χ4n) is 3.12. The van der Waals surface area contributed by atoms with Crippen molar-refractivity contribution in [1.29, 1.82) is 0 Å². The number of benzene rings is 2. The summed E-state index contributed by atoms with van der Waals surface area (Å²) >= 11 is 0. The molecular weight excluding hydrogens is 352 g/mol. The SMILES string of the molecule is CC(C)c1ccc(NC(=O)Nc2ccc(-c3noc(C4CCC4)n3)cc2)cc1. The Hall–Kier alpha value is -3.15. The lowest BCUT2D eigenvalue weighted by molar-refractivity contribution is 0.262. The van der Waals surface area contributed by atoms with Crippen LogP contribution >= 0.6 is 0 Å². The standard InChI is InChI=1S/C22H24N4O2/c1-14(2)15-6-10-18(11-7-15)23-22(27)24-19-12-8-16(9-13-19)20-25-21(28-26-20)17-4-3-5-17/h6-14,17H,3-5H2,1-2H3,(H2,23,24,27). The van der Waals surface area contributed by atoms with Gasteiger partial charge in [0.1, 0.15) is 0 Å². The van der Waals surface area contributed by atoms with Crippen LogP contribution in [-0.2, 0) is 0 Å². The summed E-state index contributed by atoms with van der Waals surface area (Å²) in [5.41, 5.74) is 3.56. The Balaban J connectivity index is 1.35. The molecule has 3 aromatic rings. The van der Waals surface area contributed by atoms with Gasteiger partial charge in [0.15, 0.2) is 0 Å². The van der Waals surface area contributed by atoms with Gasteiger partial charge in [-0.25, -0.2) is 4.79 Å². The van der Waals surface area contributed by atoms with E-state index in [1.54, 1.807) is 0 Å². The van der Waals surface area contributed by atoms with Crippen molar-refractivity contribution in [2.45, 2.75) is 44.9 Å². The van der Waals surface area contributed by atoms with Crippen molar-refractivity contribution in [2.24, 2.45) is 0 Å². The maximum absolute atomic E-state index is 12.2. The van der Waals surface area contributed by atoms with Crippen LogP contribution in [0.15, 0.2) is 53.1 Å². The molecule has 144 valence electrons. The lowest BCUT2D eigenvalue weighted by Gasteiger charge is -2.20. The molecule has 6 nitrogen and oxygen atoms in total. The zero-order valence-electron chi connectivity index (χ0n) is 16.1. The first-order chi connectivity index (χ1) is 13.6. The Kier molecular flexibility index (Phi) is 5.10. The Bertz CT molecular complexity index is 941. The molecular formula is C22H24N4O2. The number of aromatic nitrogens is 2. The van der Waals surface area contributed by atoms with Crippen LogP contribution < -0.4 is 10.6 Å². The molecule has 1 aromatic heterocycles. The second kappa shape index (κ2) is 7.84. The van der Waals surface area contributed by atoms with Gasteiger partial charge in [0.05, 0.1) is 0 Å². The molecule has 0 radical (unpaired) electrons. The van der Waals surface area contributed by atoms with Crippen molar-refractivity contribution < 1.29 is 9.32 Å². The van der Waals surface area contributed by atoms with Crippen LogP contribution in [0.3, 0.4) is 0 Å². The highest BCUT2D eigenvalue weighted by Crippen LogP contribution is 2.36. The van der Waals surface area contributed by atoms with Gasteiger partial charge < -0.3 is 15.2 Å². The second-order valence-electron chi connectivity index (χ2n) is 7.52. The number of anilines is 2. The van der Waals surface area contributed by atoms with E-state index in [0.717, 1.165) is 30.0 Å². The topological polar surface area (TPSA) is 80.0 Å². The number of urea groups is 1. The van der Waals surface area contributed by atoms with Gasteiger partial charge in [0, 0.05) is 22.9 Å². The van der Waals surface area contributed by atoms with Gasteiger partial charge in [-0.2, -0.15) is 4.98 Å². The number of nitrogens with one attached hydrogen (secondary N) is 2. The molecule has 2 amide bonds. The van der Waals surface area contributed by atoms with E-state index in [-0.39, 0.29) is 6.03 Å². The molecule has 1 fully saturated rings. The molecule has 0 aliphatic heterocycles. The predicted molar refractivity (Wildman–Crippen MR) is 109 cm³/mol. The Morgan fingerprint density at radius 3 is 2.14 bits per heavy atom. The number of hydrogen-bond acceptors (Lipinski definition) is 4. The molecule has 0 atom stereocenters. The van der Waals surface area contributed by atoms with Crippen molar-refractivity contribution in [1.82, 2.24) is 10.1 Å². The van der Waals surface area contributed by atoms with Gasteiger partial charge in [0.2, 0.25) is 11.7 Å². The van der Waals surface area contributed by atoms with Crippen LogP contribution in [0.4, 0.5) is 16.2 Å². The molecule has 28 heavy (non-hydrogen) atoms. The van der Waals surface area contributed by atoms with E-state index in [1.807, 2.05) is 48.5 Å². The van der Waals surface area contributed by atoms with Gasteiger partial charge in [-0.1, -0.05) is 37.6 Å². The summed E-state index contributed by atoms with van der Waals surface area (Å²) in [7, 11) is 0. The van der Waals surface area contributed by atoms with Gasteiger partial charge in [0.25, 0.3) is 0 Å². The first-order valence-electron chi connectivity index (χ1n) is 9.70. The molecule has 1 saturated carbocycles. The summed E-state index contributed by atoms with van der Waals surface area (Å²) in [6.45, 7) is 4.28. The zero-order chi connectivity index (χ0) is 19.5. The third-order valence-corrected chi connectivity index (χ3v) is 5.13. The van der Waals surface area contributed by atoms with E-state index < -0.39 is 0 Å². The lowest BCUT2D eigenvalue weighted by atomic mass is 9.85. The molecule has 0 bridgehead atoms. The average Bonchev–Trinajstić information content (AvgIpc) is 3.10. The second-order valence-corrected chi connectivity index (χ2v) is 7.52. The van der Waals surface area contributed by atoms with Crippen molar-refractivity contribution in [2.75, 3.05) is 10.6 Å². The summed E-state index contributed by atoms with van der Waals surface area (Å²) in [4.78, 5) is 16.7. The number of amides is 2. The van der Waals surface area contributed by atoms with E-state index in [2.05, 4.69) is 34.6 Å². The van der Waals surface area contributed by atoms with Crippen molar-refractivity contribution in [3.63, 3.8) is 0 Å². The first-order valence-corrected chi connectivity index (χ1v) is 9.70. The third kappa shape index (κ3) is 4.06.